The van der Waals surface area contributed by atoms with Crippen LogP contribution in [0.2, 0.25) is 0 Å². The first kappa shape index (κ1) is 14.4. The van der Waals surface area contributed by atoms with E-state index in [-0.39, 0.29) is 11.6 Å². The van der Waals surface area contributed by atoms with Crippen molar-refractivity contribution in [1.82, 2.24) is 0 Å². The fourth-order valence-electron chi connectivity index (χ4n) is 2.62. The molecule has 0 saturated carbocycles. The maximum absolute atomic E-state index is 12.8. The highest BCUT2D eigenvalue weighted by Gasteiger charge is 2.33. The van der Waals surface area contributed by atoms with Crippen LogP contribution in [-0.4, -0.2) is 23.6 Å². The normalized spacial score (nSPS) is 13.0. The van der Waals surface area contributed by atoms with E-state index in [9.17, 15) is 9.59 Å². The summed E-state index contributed by atoms with van der Waals surface area (Å²) in [5.74, 6) is 0.797. The van der Waals surface area contributed by atoms with E-state index in [0.717, 1.165) is 15.5 Å². The van der Waals surface area contributed by atoms with Crippen molar-refractivity contribution in [3.63, 3.8) is 0 Å². The number of ketones is 2. The number of benzene rings is 2. The summed E-state index contributed by atoms with van der Waals surface area (Å²) >= 11 is 3.10. The molecule has 0 unspecified atom stereocenters. The highest BCUT2D eigenvalue weighted by atomic mass is 32.2. The van der Waals surface area contributed by atoms with Crippen molar-refractivity contribution in [2.75, 3.05) is 12.0 Å². The standard InChI is InChI=1S/C17H14O2S2/c1-3-21-13-9-5-7-11-15(13)17(19)10-6-4-8-12(20-2)14(10)16(11)18/h4-9H,3H2,1-2H3. The predicted molar refractivity (Wildman–Crippen MR) is 87.9 cm³/mol. The topological polar surface area (TPSA) is 34.1 Å². The molecule has 0 aliphatic heterocycles. The van der Waals surface area contributed by atoms with Gasteiger partial charge in [-0.05, 0) is 24.1 Å². The lowest BCUT2D eigenvalue weighted by Gasteiger charge is -2.21. The van der Waals surface area contributed by atoms with Crippen LogP contribution in [0.25, 0.3) is 0 Å². The summed E-state index contributed by atoms with van der Waals surface area (Å²) in [5.41, 5.74) is 2.19. The molecule has 21 heavy (non-hydrogen) atoms. The van der Waals surface area contributed by atoms with Gasteiger partial charge < -0.3 is 0 Å². The van der Waals surface area contributed by atoms with E-state index in [1.165, 1.54) is 11.8 Å². The molecule has 106 valence electrons. The average molecular weight is 314 g/mol. The van der Waals surface area contributed by atoms with Gasteiger partial charge in [-0.15, -0.1) is 23.5 Å². The molecule has 0 N–H and O–H groups in total. The van der Waals surface area contributed by atoms with Crippen molar-refractivity contribution < 1.29 is 9.59 Å². The molecule has 3 rings (SSSR count). The number of thioether (sulfide) groups is 2. The van der Waals surface area contributed by atoms with Gasteiger partial charge in [0.2, 0.25) is 0 Å². The molecular formula is C17H14O2S2. The Kier molecular flexibility index (Phi) is 3.91. The fraction of sp³-hybridized carbons (Fsp3) is 0.176. The summed E-state index contributed by atoms with van der Waals surface area (Å²) < 4.78 is 0. The smallest absolute Gasteiger partial charge is 0.195 e. The second kappa shape index (κ2) is 5.70. The van der Waals surface area contributed by atoms with Gasteiger partial charge in [0.05, 0.1) is 0 Å². The van der Waals surface area contributed by atoms with Crippen LogP contribution in [-0.2, 0) is 0 Å². The molecular weight excluding hydrogens is 300 g/mol. The number of carbonyl (C=O) groups is 2. The van der Waals surface area contributed by atoms with Crippen LogP contribution in [0.4, 0.5) is 0 Å². The van der Waals surface area contributed by atoms with Crippen molar-refractivity contribution >= 4 is 35.1 Å². The Morgan fingerprint density at radius 2 is 1.38 bits per heavy atom. The number of carbonyl (C=O) groups excluding carboxylic acids is 2. The van der Waals surface area contributed by atoms with Crippen molar-refractivity contribution in [1.29, 1.82) is 0 Å². The Bertz CT molecular complexity index is 750. The minimum absolute atomic E-state index is 0.0351. The molecule has 1 aliphatic carbocycles. The van der Waals surface area contributed by atoms with Crippen LogP contribution in [0.5, 0.6) is 0 Å². The van der Waals surface area contributed by atoms with E-state index < -0.39 is 0 Å². The number of fused-ring (bicyclic) bond motifs is 2. The lowest BCUT2D eigenvalue weighted by atomic mass is 9.84. The van der Waals surface area contributed by atoms with Crippen molar-refractivity contribution in [2.24, 2.45) is 0 Å². The Hall–Kier alpha value is -1.52. The predicted octanol–water partition coefficient (Wildman–Crippen LogP) is 4.30. The molecule has 0 bridgehead atoms. The highest BCUT2D eigenvalue weighted by molar-refractivity contribution is 7.99. The van der Waals surface area contributed by atoms with Gasteiger partial charge in [-0.3, -0.25) is 9.59 Å². The van der Waals surface area contributed by atoms with E-state index >= 15 is 0 Å². The molecule has 2 aromatic carbocycles. The first-order chi connectivity index (χ1) is 10.2. The van der Waals surface area contributed by atoms with Crippen molar-refractivity contribution in [3.8, 4) is 0 Å². The van der Waals surface area contributed by atoms with Gasteiger partial charge in [0.15, 0.2) is 11.6 Å². The van der Waals surface area contributed by atoms with E-state index in [1.807, 2.05) is 37.4 Å². The van der Waals surface area contributed by atoms with E-state index in [1.54, 1.807) is 23.9 Å². The number of hydrogen-bond acceptors (Lipinski definition) is 4. The first-order valence-electron chi connectivity index (χ1n) is 6.71. The summed E-state index contributed by atoms with van der Waals surface area (Å²) in [5, 5.41) is 0. The molecule has 4 heteroatoms. The average Bonchev–Trinajstić information content (AvgIpc) is 2.52. The van der Waals surface area contributed by atoms with Crippen LogP contribution < -0.4 is 0 Å². The number of hydrogen-bond donors (Lipinski definition) is 0. The molecule has 0 atom stereocenters. The monoisotopic (exact) mass is 314 g/mol. The maximum atomic E-state index is 12.8. The molecule has 0 saturated heterocycles. The third kappa shape index (κ3) is 2.23. The molecule has 0 heterocycles. The van der Waals surface area contributed by atoms with Crippen LogP contribution >= 0.6 is 23.5 Å². The summed E-state index contributed by atoms with van der Waals surface area (Å²) in [4.78, 5) is 27.4. The zero-order chi connectivity index (χ0) is 15.0. The van der Waals surface area contributed by atoms with Crippen LogP contribution in [0.15, 0.2) is 46.2 Å². The van der Waals surface area contributed by atoms with E-state index in [0.29, 0.717) is 22.3 Å². The summed E-state index contributed by atoms with van der Waals surface area (Å²) in [7, 11) is 0. The first-order valence-corrected chi connectivity index (χ1v) is 8.92. The lowest BCUT2D eigenvalue weighted by Crippen LogP contribution is -2.22. The zero-order valence-corrected chi connectivity index (χ0v) is 13.4. The Morgan fingerprint density at radius 1 is 0.857 bits per heavy atom. The van der Waals surface area contributed by atoms with Gasteiger partial charge in [-0.2, -0.15) is 0 Å². The minimum Gasteiger partial charge on any atom is -0.289 e. The number of rotatable bonds is 3. The Balaban J connectivity index is 2.28. The molecule has 0 amide bonds. The summed E-state index contributed by atoms with van der Waals surface area (Å²) in [6.45, 7) is 2.04. The highest BCUT2D eigenvalue weighted by Crippen LogP contribution is 2.37. The maximum Gasteiger partial charge on any atom is 0.195 e. The largest absolute Gasteiger partial charge is 0.289 e. The van der Waals surface area contributed by atoms with Crippen molar-refractivity contribution in [3.05, 3.63) is 58.7 Å². The SMILES string of the molecule is CCSc1cccc2c1C(=O)c1cccc(SC)c1C2=O. The van der Waals surface area contributed by atoms with Crippen LogP contribution in [0, 0.1) is 0 Å². The molecule has 0 spiro atoms. The van der Waals surface area contributed by atoms with Gasteiger partial charge in [-0.25, -0.2) is 0 Å². The lowest BCUT2D eigenvalue weighted by molar-refractivity contribution is 0.0974. The second-order valence-corrected chi connectivity index (χ2v) is 6.81. The molecule has 0 radical (unpaired) electrons. The summed E-state index contributed by atoms with van der Waals surface area (Å²) in [6.07, 6.45) is 1.92. The Morgan fingerprint density at radius 3 is 1.90 bits per heavy atom. The van der Waals surface area contributed by atoms with Gasteiger partial charge in [-0.1, -0.05) is 31.2 Å². The molecule has 0 aromatic heterocycles. The zero-order valence-electron chi connectivity index (χ0n) is 11.8. The molecule has 0 fully saturated rings. The van der Waals surface area contributed by atoms with Crippen LogP contribution in [0.1, 0.15) is 38.8 Å². The second-order valence-electron chi connectivity index (χ2n) is 4.65. The minimum atomic E-state index is -0.0388. The molecule has 1 aliphatic rings. The van der Waals surface area contributed by atoms with Gasteiger partial charge in [0, 0.05) is 32.0 Å². The van der Waals surface area contributed by atoms with E-state index in [4.69, 9.17) is 0 Å². The fourth-order valence-corrected chi connectivity index (χ4v) is 4.08. The molecule has 2 nitrogen and oxygen atoms in total. The molecule has 2 aromatic rings. The van der Waals surface area contributed by atoms with Crippen molar-refractivity contribution in [2.45, 2.75) is 16.7 Å². The Labute approximate surface area is 132 Å². The van der Waals surface area contributed by atoms with Gasteiger partial charge in [0.1, 0.15) is 0 Å². The quantitative estimate of drug-likeness (QED) is 0.675. The van der Waals surface area contributed by atoms with E-state index in [2.05, 4.69) is 0 Å². The third-order valence-corrected chi connectivity index (χ3v) is 5.24. The summed E-state index contributed by atoms with van der Waals surface area (Å²) in [6, 6.07) is 11.0. The third-order valence-electron chi connectivity index (χ3n) is 3.52. The van der Waals surface area contributed by atoms with Gasteiger partial charge in [0.25, 0.3) is 0 Å². The van der Waals surface area contributed by atoms with Gasteiger partial charge >= 0.3 is 0 Å². The van der Waals surface area contributed by atoms with Crippen LogP contribution in [0.3, 0.4) is 0 Å².